The molecule has 3 nitrogen and oxygen atoms in total. The van der Waals surface area contributed by atoms with Crippen molar-refractivity contribution in [3.05, 3.63) is 26.6 Å². The Morgan fingerprint density at radius 1 is 1.67 bits per heavy atom. The van der Waals surface area contributed by atoms with E-state index in [9.17, 15) is 13.6 Å². The summed E-state index contributed by atoms with van der Waals surface area (Å²) in [6.45, 7) is 0. The number of aromatic carboxylic acids is 1. The predicted octanol–water partition coefficient (Wildman–Crippen LogP) is 3.22. The molecule has 7 heteroatoms. The number of carboxylic acid groups (broad SMARTS) is 1. The molecule has 0 radical (unpaired) electrons. The number of hydrogen-bond donors (Lipinski definition) is 1. The van der Waals surface area contributed by atoms with Crippen molar-refractivity contribution in [3.8, 4) is 0 Å². The van der Waals surface area contributed by atoms with Gasteiger partial charge in [-0.2, -0.15) is 0 Å². The lowest BCUT2D eigenvalue weighted by molar-refractivity contribution is 0.0676. The van der Waals surface area contributed by atoms with Crippen molar-refractivity contribution < 1.29 is 18.7 Å². The average Bonchev–Trinajstić information content (AvgIpc) is 2.16. The Morgan fingerprint density at radius 2 is 2.27 bits per heavy atom. The second kappa shape index (κ2) is 5.15. The van der Waals surface area contributed by atoms with E-state index in [0.717, 1.165) is 0 Å². The highest BCUT2D eigenvalue weighted by molar-refractivity contribution is 14.1. The molecule has 0 fully saturated rings. The summed E-state index contributed by atoms with van der Waals surface area (Å²) >= 11 is 4.82. The Kier molecular flexibility index (Phi) is 4.38. The number of carbonyl (C=O) groups is 1. The molecule has 0 aliphatic carbocycles. The molecule has 1 N–H and O–H groups in total. The minimum atomic E-state index is -2.84. The van der Waals surface area contributed by atoms with Crippen LogP contribution in [-0.2, 0) is 5.33 Å². The minimum absolute atomic E-state index is 0.242. The van der Waals surface area contributed by atoms with Crippen molar-refractivity contribution in [1.29, 1.82) is 0 Å². The maximum Gasteiger partial charge on any atom is 0.355 e. The van der Waals surface area contributed by atoms with Gasteiger partial charge in [-0.1, -0.05) is 15.9 Å². The highest BCUT2D eigenvalue weighted by Crippen LogP contribution is 2.30. The first-order valence-electron chi connectivity index (χ1n) is 3.73. The van der Waals surface area contributed by atoms with Gasteiger partial charge in [-0.05, 0) is 28.2 Å². The van der Waals surface area contributed by atoms with Crippen LogP contribution in [0, 0.1) is 3.57 Å². The van der Waals surface area contributed by atoms with E-state index in [1.807, 2.05) is 0 Å². The lowest BCUT2D eigenvalue weighted by Gasteiger charge is -2.09. The van der Waals surface area contributed by atoms with Gasteiger partial charge in [0.25, 0.3) is 6.43 Å². The summed E-state index contributed by atoms with van der Waals surface area (Å²) < 4.78 is 25.5. The molecule has 1 rings (SSSR count). The van der Waals surface area contributed by atoms with Crippen LogP contribution in [0.1, 0.15) is 28.0 Å². The quantitative estimate of drug-likeness (QED) is 0.635. The summed E-state index contributed by atoms with van der Waals surface area (Å²) in [6.07, 6.45) is -1.55. The molecule has 0 amide bonds. The second-order valence-corrected chi connectivity index (χ2v) is 4.24. The van der Waals surface area contributed by atoms with Gasteiger partial charge in [0.15, 0.2) is 5.69 Å². The second-order valence-electron chi connectivity index (χ2n) is 2.60. The molecule has 0 saturated heterocycles. The van der Waals surface area contributed by atoms with Crippen LogP contribution in [0.3, 0.4) is 0 Å². The Hall–Kier alpha value is -0.310. The highest BCUT2D eigenvalue weighted by Gasteiger charge is 2.24. The first kappa shape index (κ1) is 12.8. The van der Waals surface area contributed by atoms with Crippen molar-refractivity contribution in [2.24, 2.45) is 0 Å². The number of pyridine rings is 1. The Balaban J connectivity index is 3.44. The van der Waals surface area contributed by atoms with Crippen molar-refractivity contribution in [1.82, 2.24) is 4.98 Å². The van der Waals surface area contributed by atoms with E-state index in [1.54, 1.807) is 22.6 Å². The van der Waals surface area contributed by atoms with Gasteiger partial charge in [-0.15, -0.1) is 0 Å². The fourth-order valence-electron chi connectivity index (χ4n) is 1.01. The van der Waals surface area contributed by atoms with E-state index >= 15 is 0 Å². The number of rotatable bonds is 3. The topological polar surface area (TPSA) is 50.2 Å². The van der Waals surface area contributed by atoms with Gasteiger partial charge in [-0.25, -0.2) is 18.6 Å². The molecular weight excluding hydrogens is 387 g/mol. The summed E-state index contributed by atoms with van der Waals surface area (Å²) in [5.74, 6) is -1.44. The van der Waals surface area contributed by atoms with Crippen LogP contribution >= 0.6 is 38.5 Å². The van der Waals surface area contributed by atoms with Crippen LogP contribution in [0.4, 0.5) is 8.78 Å². The van der Waals surface area contributed by atoms with Gasteiger partial charge in [0.05, 0.1) is 5.56 Å². The minimum Gasteiger partial charge on any atom is -0.476 e. The van der Waals surface area contributed by atoms with Crippen LogP contribution in [0.25, 0.3) is 0 Å². The Bertz CT molecular complexity index is 400. The molecule has 0 spiro atoms. The van der Waals surface area contributed by atoms with Crippen LogP contribution in [-0.4, -0.2) is 16.1 Å². The highest BCUT2D eigenvalue weighted by atomic mass is 127. The molecule has 0 aromatic carbocycles. The molecule has 1 aromatic rings. The Labute approximate surface area is 106 Å². The summed E-state index contributed by atoms with van der Waals surface area (Å²) in [5, 5.41) is 9.05. The molecule has 0 atom stereocenters. The van der Waals surface area contributed by atoms with E-state index < -0.39 is 23.7 Å². The van der Waals surface area contributed by atoms with Crippen molar-refractivity contribution in [2.45, 2.75) is 11.8 Å². The molecule has 15 heavy (non-hydrogen) atoms. The number of carboxylic acids is 1. The zero-order chi connectivity index (χ0) is 11.6. The maximum absolute atomic E-state index is 12.6. The van der Waals surface area contributed by atoms with Crippen LogP contribution in [0.2, 0.25) is 0 Å². The molecule has 82 valence electrons. The maximum atomic E-state index is 12.6. The third-order valence-corrected chi connectivity index (χ3v) is 3.57. The number of hydrogen-bond acceptors (Lipinski definition) is 2. The number of halogens is 4. The lowest BCUT2D eigenvalue weighted by atomic mass is 10.1. The van der Waals surface area contributed by atoms with E-state index in [-0.39, 0.29) is 3.57 Å². The lowest BCUT2D eigenvalue weighted by Crippen LogP contribution is -2.09. The van der Waals surface area contributed by atoms with Crippen LogP contribution in [0.5, 0.6) is 0 Å². The zero-order valence-corrected chi connectivity index (χ0v) is 10.9. The van der Waals surface area contributed by atoms with Gasteiger partial charge in [-0.3, -0.25) is 0 Å². The monoisotopic (exact) mass is 391 g/mol. The fraction of sp³-hybridized carbons (Fsp3) is 0.250. The third kappa shape index (κ3) is 2.63. The van der Waals surface area contributed by atoms with Gasteiger partial charge in [0.2, 0.25) is 0 Å². The first-order valence-corrected chi connectivity index (χ1v) is 5.93. The van der Waals surface area contributed by atoms with Gasteiger partial charge >= 0.3 is 5.97 Å². The van der Waals surface area contributed by atoms with Crippen LogP contribution in [0.15, 0.2) is 6.20 Å². The third-order valence-electron chi connectivity index (χ3n) is 1.69. The van der Waals surface area contributed by atoms with E-state index in [0.29, 0.717) is 10.9 Å². The van der Waals surface area contributed by atoms with E-state index in [4.69, 9.17) is 5.11 Å². The summed E-state index contributed by atoms with van der Waals surface area (Å²) in [7, 11) is 0. The van der Waals surface area contributed by atoms with E-state index in [1.165, 1.54) is 6.20 Å². The molecular formula is C8H5BrF2INO2. The average molecular weight is 392 g/mol. The molecule has 1 heterocycles. The van der Waals surface area contributed by atoms with Crippen molar-refractivity contribution in [3.63, 3.8) is 0 Å². The normalized spacial score (nSPS) is 10.7. The van der Waals surface area contributed by atoms with Crippen molar-refractivity contribution in [2.75, 3.05) is 0 Å². The SMILES string of the molecule is O=C(O)c1ncc(CBr)c(I)c1C(F)F. The number of alkyl halides is 3. The number of aromatic nitrogens is 1. The molecule has 0 saturated carbocycles. The molecule has 0 bridgehead atoms. The summed E-state index contributed by atoms with van der Waals surface area (Å²) in [5.41, 5.74) is -0.546. The molecule has 0 aliphatic heterocycles. The summed E-state index contributed by atoms with van der Waals surface area (Å²) in [6, 6.07) is 0. The van der Waals surface area contributed by atoms with Crippen LogP contribution < -0.4 is 0 Å². The standard InChI is InChI=1S/C8H5BrF2INO2/c9-1-3-2-13-6(8(14)15)4(5(3)12)7(10)11/h2,7H,1H2,(H,14,15). The number of nitrogens with zero attached hydrogens (tertiary/aromatic N) is 1. The van der Waals surface area contributed by atoms with Gasteiger partial charge in [0, 0.05) is 15.1 Å². The van der Waals surface area contributed by atoms with Crippen molar-refractivity contribution >= 4 is 44.5 Å². The van der Waals surface area contributed by atoms with E-state index in [2.05, 4.69) is 20.9 Å². The smallest absolute Gasteiger partial charge is 0.355 e. The summed E-state index contributed by atoms with van der Waals surface area (Å²) in [4.78, 5) is 14.2. The Morgan fingerprint density at radius 3 is 2.67 bits per heavy atom. The molecule has 0 aliphatic rings. The predicted molar refractivity (Wildman–Crippen MR) is 61.5 cm³/mol. The molecule has 1 aromatic heterocycles. The fourth-order valence-corrected chi connectivity index (χ4v) is 2.78. The van der Waals surface area contributed by atoms with Gasteiger partial charge in [0.1, 0.15) is 0 Å². The largest absolute Gasteiger partial charge is 0.476 e. The van der Waals surface area contributed by atoms with Gasteiger partial charge < -0.3 is 5.11 Å². The zero-order valence-electron chi connectivity index (χ0n) is 7.18. The molecule has 0 unspecified atom stereocenters. The first-order chi connectivity index (χ1) is 6.99.